The van der Waals surface area contributed by atoms with Gasteiger partial charge in [0.2, 0.25) is 5.91 Å². The molecule has 1 aromatic rings. The summed E-state index contributed by atoms with van der Waals surface area (Å²) in [7, 11) is 0. The molecule has 0 aliphatic carbocycles. The van der Waals surface area contributed by atoms with E-state index in [0.29, 0.717) is 16.4 Å². The first-order valence-electron chi connectivity index (χ1n) is 3.67. The molecule has 0 aliphatic rings. The Balaban J connectivity index is 2.72. The van der Waals surface area contributed by atoms with Crippen molar-refractivity contribution in [1.29, 1.82) is 0 Å². The van der Waals surface area contributed by atoms with Crippen LogP contribution in [0.1, 0.15) is 0 Å². The van der Waals surface area contributed by atoms with Crippen molar-refractivity contribution in [3.63, 3.8) is 0 Å². The van der Waals surface area contributed by atoms with Crippen molar-refractivity contribution in [1.82, 2.24) is 0 Å². The molecule has 0 saturated heterocycles. The Kier molecular flexibility index (Phi) is 2.97. The Morgan fingerprint density at radius 2 is 2.23 bits per heavy atom. The van der Waals surface area contributed by atoms with Crippen molar-refractivity contribution in [3.8, 4) is 0 Å². The summed E-state index contributed by atoms with van der Waals surface area (Å²) in [4.78, 5) is 10.4. The zero-order valence-corrected chi connectivity index (χ0v) is 7.64. The molecule has 5 N–H and O–H groups in total. The number of hydrogen-bond acceptors (Lipinski definition) is 3. The van der Waals surface area contributed by atoms with Gasteiger partial charge in [-0.2, -0.15) is 0 Å². The summed E-state index contributed by atoms with van der Waals surface area (Å²) in [6.45, 7) is 0.0613. The summed E-state index contributed by atoms with van der Waals surface area (Å²) in [5, 5.41) is 3.34. The lowest BCUT2D eigenvalue weighted by molar-refractivity contribution is -0.116. The molecule has 0 saturated carbocycles. The van der Waals surface area contributed by atoms with Gasteiger partial charge in [-0.15, -0.1) is 0 Å². The SMILES string of the molecule is NC(=O)CNc1ccc(Cl)cc1N. The number of primary amides is 1. The zero-order valence-electron chi connectivity index (χ0n) is 6.88. The second kappa shape index (κ2) is 4.00. The molecule has 5 heteroatoms. The topological polar surface area (TPSA) is 81.1 Å². The Morgan fingerprint density at radius 1 is 1.54 bits per heavy atom. The first-order valence-corrected chi connectivity index (χ1v) is 4.04. The Hall–Kier alpha value is -1.42. The van der Waals surface area contributed by atoms with E-state index in [4.69, 9.17) is 23.1 Å². The Bertz CT molecular complexity index is 327. The number of benzene rings is 1. The number of anilines is 2. The van der Waals surface area contributed by atoms with Crippen LogP contribution in [0.5, 0.6) is 0 Å². The fraction of sp³-hybridized carbons (Fsp3) is 0.125. The van der Waals surface area contributed by atoms with Crippen molar-refractivity contribution >= 4 is 28.9 Å². The number of carbonyl (C=O) groups excluding carboxylic acids is 1. The lowest BCUT2D eigenvalue weighted by Gasteiger charge is -2.06. The largest absolute Gasteiger partial charge is 0.397 e. The molecule has 0 heterocycles. The van der Waals surface area contributed by atoms with E-state index >= 15 is 0 Å². The van der Waals surface area contributed by atoms with Gasteiger partial charge in [0.1, 0.15) is 0 Å². The van der Waals surface area contributed by atoms with Crippen molar-refractivity contribution in [2.24, 2.45) is 5.73 Å². The summed E-state index contributed by atoms with van der Waals surface area (Å²) in [5.41, 5.74) is 11.7. The van der Waals surface area contributed by atoms with Gasteiger partial charge in [-0.25, -0.2) is 0 Å². The number of amides is 1. The minimum absolute atomic E-state index is 0.0613. The van der Waals surface area contributed by atoms with Crippen molar-refractivity contribution in [2.75, 3.05) is 17.6 Å². The van der Waals surface area contributed by atoms with Crippen LogP contribution < -0.4 is 16.8 Å². The molecule has 0 bridgehead atoms. The molecule has 0 fully saturated rings. The van der Waals surface area contributed by atoms with Crippen LogP contribution in [-0.4, -0.2) is 12.5 Å². The monoisotopic (exact) mass is 199 g/mol. The molecule has 0 aliphatic heterocycles. The number of rotatable bonds is 3. The van der Waals surface area contributed by atoms with Gasteiger partial charge in [-0.05, 0) is 18.2 Å². The molecule has 1 amide bonds. The summed E-state index contributed by atoms with van der Waals surface area (Å²) in [5.74, 6) is -0.436. The minimum atomic E-state index is -0.436. The lowest BCUT2D eigenvalue weighted by Crippen LogP contribution is -2.22. The summed E-state index contributed by atoms with van der Waals surface area (Å²) < 4.78 is 0. The standard InChI is InChI=1S/C8H10ClN3O/c9-5-1-2-7(6(10)3-5)12-4-8(11)13/h1-3,12H,4,10H2,(H2,11,13). The van der Waals surface area contributed by atoms with Gasteiger partial charge in [0, 0.05) is 5.02 Å². The highest BCUT2D eigenvalue weighted by Gasteiger charge is 2.00. The van der Waals surface area contributed by atoms with Crippen molar-refractivity contribution in [2.45, 2.75) is 0 Å². The van der Waals surface area contributed by atoms with Gasteiger partial charge in [0.25, 0.3) is 0 Å². The maximum absolute atomic E-state index is 10.4. The highest BCUT2D eigenvalue weighted by molar-refractivity contribution is 6.31. The van der Waals surface area contributed by atoms with Crippen LogP contribution in [-0.2, 0) is 4.79 Å². The maximum atomic E-state index is 10.4. The van der Waals surface area contributed by atoms with E-state index in [1.807, 2.05) is 0 Å². The third-order valence-electron chi connectivity index (χ3n) is 1.47. The fourth-order valence-electron chi connectivity index (χ4n) is 0.877. The predicted molar refractivity (Wildman–Crippen MR) is 53.5 cm³/mol. The number of nitrogens with two attached hydrogens (primary N) is 2. The van der Waals surface area contributed by atoms with Crippen LogP contribution in [0.4, 0.5) is 11.4 Å². The van der Waals surface area contributed by atoms with Crippen molar-refractivity contribution in [3.05, 3.63) is 23.2 Å². The fourth-order valence-corrected chi connectivity index (χ4v) is 1.06. The van der Waals surface area contributed by atoms with E-state index in [-0.39, 0.29) is 6.54 Å². The van der Waals surface area contributed by atoms with Crippen molar-refractivity contribution < 1.29 is 4.79 Å². The molecule has 0 aromatic heterocycles. The van der Waals surface area contributed by atoms with E-state index < -0.39 is 5.91 Å². The van der Waals surface area contributed by atoms with Gasteiger partial charge in [-0.1, -0.05) is 11.6 Å². The number of hydrogen-bond donors (Lipinski definition) is 3. The first kappa shape index (κ1) is 9.67. The Labute approximate surface area is 80.9 Å². The molecule has 0 atom stereocenters. The van der Waals surface area contributed by atoms with Gasteiger partial charge in [0.15, 0.2) is 0 Å². The van der Waals surface area contributed by atoms with E-state index in [2.05, 4.69) is 5.32 Å². The molecule has 4 nitrogen and oxygen atoms in total. The average molecular weight is 200 g/mol. The smallest absolute Gasteiger partial charge is 0.236 e. The number of halogens is 1. The molecule has 1 rings (SSSR count). The third kappa shape index (κ3) is 2.83. The third-order valence-corrected chi connectivity index (χ3v) is 1.70. The molecule has 0 spiro atoms. The second-order valence-corrected chi connectivity index (χ2v) is 2.99. The van der Waals surface area contributed by atoms with E-state index in [1.165, 1.54) is 0 Å². The summed E-state index contributed by atoms with van der Waals surface area (Å²) >= 11 is 5.68. The molecular formula is C8H10ClN3O. The quantitative estimate of drug-likeness (QED) is 0.631. The highest BCUT2D eigenvalue weighted by atomic mass is 35.5. The maximum Gasteiger partial charge on any atom is 0.236 e. The molecular weight excluding hydrogens is 190 g/mol. The van der Waals surface area contributed by atoms with Gasteiger partial charge in [0.05, 0.1) is 17.9 Å². The van der Waals surface area contributed by atoms with E-state index in [0.717, 1.165) is 0 Å². The number of nitrogens with one attached hydrogen (secondary N) is 1. The predicted octanol–water partition coefficient (Wildman–Crippen LogP) is 0.819. The normalized spacial score (nSPS) is 9.62. The van der Waals surface area contributed by atoms with Gasteiger partial charge in [-0.3, -0.25) is 4.79 Å². The zero-order chi connectivity index (χ0) is 9.84. The average Bonchev–Trinajstić information content (AvgIpc) is 2.02. The molecule has 1 aromatic carbocycles. The number of nitrogen functional groups attached to an aromatic ring is 1. The minimum Gasteiger partial charge on any atom is -0.397 e. The summed E-state index contributed by atoms with van der Waals surface area (Å²) in [6.07, 6.45) is 0. The number of carbonyl (C=O) groups is 1. The van der Waals surface area contributed by atoms with Crippen LogP contribution in [0, 0.1) is 0 Å². The van der Waals surface area contributed by atoms with Crippen LogP contribution in [0.15, 0.2) is 18.2 Å². The first-order chi connectivity index (χ1) is 6.09. The van der Waals surface area contributed by atoms with E-state index in [9.17, 15) is 4.79 Å². The molecule has 0 unspecified atom stereocenters. The van der Waals surface area contributed by atoms with E-state index in [1.54, 1.807) is 18.2 Å². The van der Waals surface area contributed by atoms with Crippen LogP contribution in [0.2, 0.25) is 5.02 Å². The van der Waals surface area contributed by atoms with Crippen LogP contribution >= 0.6 is 11.6 Å². The van der Waals surface area contributed by atoms with Crippen LogP contribution in [0.3, 0.4) is 0 Å². The molecule has 0 radical (unpaired) electrons. The highest BCUT2D eigenvalue weighted by Crippen LogP contribution is 2.21. The van der Waals surface area contributed by atoms with Gasteiger partial charge < -0.3 is 16.8 Å². The second-order valence-electron chi connectivity index (χ2n) is 2.55. The molecule has 13 heavy (non-hydrogen) atoms. The Morgan fingerprint density at radius 3 is 2.77 bits per heavy atom. The summed E-state index contributed by atoms with van der Waals surface area (Å²) in [6, 6.07) is 4.98. The molecule has 70 valence electrons. The lowest BCUT2D eigenvalue weighted by atomic mass is 10.2. The van der Waals surface area contributed by atoms with Crippen LogP contribution in [0.25, 0.3) is 0 Å². The van der Waals surface area contributed by atoms with Gasteiger partial charge >= 0.3 is 0 Å².